The van der Waals surface area contributed by atoms with Crippen LogP contribution in [0.2, 0.25) is 0 Å². The van der Waals surface area contributed by atoms with Gasteiger partial charge in [0.25, 0.3) is 0 Å². The van der Waals surface area contributed by atoms with E-state index in [1.54, 1.807) is 4.90 Å². The number of rotatable bonds is 5. The summed E-state index contributed by atoms with van der Waals surface area (Å²) in [5.41, 5.74) is 5.67. The van der Waals surface area contributed by atoms with Crippen LogP contribution in [-0.4, -0.2) is 97.0 Å². The smallest absolute Gasteiger partial charge is 0.335 e. The number of nitrogens with two attached hydrogens (primary N) is 1. The van der Waals surface area contributed by atoms with Crippen LogP contribution >= 0.6 is 0 Å². The first-order valence-electron chi connectivity index (χ1n) is 7.58. The Morgan fingerprint density at radius 3 is 1.95 bits per heavy atom. The quantitative estimate of drug-likeness (QED) is 0.377. The Kier molecular flexibility index (Phi) is 8.94. The van der Waals surface area contributed by atoms with Gasteiger partial charge in [0.05, 0.1) is 6.42 Å². The summed E-state index contributed by atoms with van der Waals surface area (Å²) in [7, 11) is 0. The minimum atomic E-state index is -1.02. The number of carboxylic acid groups (broad SMARTS) is 2. The second-order valence-corrected chi connectivity index (χ2v) is 5.30. The molecule has 0 aromatic heterocycles. The largest absolute Gasteiger partial charge is 0.481 e. The van der Waals surface area contributed by atoms with E-state index in [-0.39, 0.29) is 6.42 Å². The van der Waals surface area contributed by atoms with Gasteiger partial charge in [-0.05, 0) is 0 Å². The van der Waals surface area contributed by atoms with E-state index in [0.717, 1.165) is 26.2 Å². The molecular weight excluding hydrogens is 290 g/mol. The highest BCUT2D eigenvalue weighted by molar-refractivity contribution is 5.72. The summed E-state index contributed by atoms with van der Waals surface area (Å²) in [6.07, 6.45) is -0.847. The molecule has 6 N–H and O–H groups in total. The van der Waals surface area contributed by atoms with E-state index in [4.69, 9.17) is 15.9 Å². The van der Waals surface area contributed by atoms with E-state index in [1.807, 2.05) is 0 Å². The molecule has 1 aliphatic heterocycles. The van der Waals surface area contributed by atoms with Crippen LogP contribution in [0.4, 0.5) is 0 Å². The van der Waals surface area contributed by atoms with Crippen LogP contribution in [0.3, 0.4) is 0 Å². The van der Waals surface area contributed by atoms with Gasteiger partial charge in [0.1, 0.15) is 0 Å². The van der Waals surface area contributed by atoms with Crippen molar-refractivity contribution in [2.45, 2.75) is 12.6 Å². The lowest BCUT2D eigenvalue weighted by Gasteiger charge is -2.28. The van der Waals surface area contributed by atoms with Crippen LogP contribution in [0.15, 0.2) is 0 Å². The van der Waals surface area contributed by atoms with Crippen molar-refractivity contribution < 1.29 is 19.8 Å². The summed E-state index contributed by atoms with van der Waals surface area (Å²) in [5, 5.41) is 24.2. The van der Waals surface area contributed by atoms with Crippen molar-refractivity contribution in [2.24, 2.45) is 5.73 Å². The molecule has 0 aliphatic carbocycles. The summed E-state index contributed by atoms with van der Waals surface area (Å²) >= 11 is 0. The van der Waals surface area contributed by atoms with Gasteiger partial charge in [-0.15, -0.1) is 0 Å². The SMILES string of the molecule is NC(C(=O)O)N1CCNCCN(CCC(=O)O)CCNCC1. The third kappa shape index (κ3) is 7.66. The molecule has 0 spiro atoms. The Balaban J connectivity index is 2.42. The van der Waals surface area contributed by atoms with Gasteiger partial charge in [-0.3, -0.25) is 9.69 Å². The van der Waals surface area contributed by atoms with Crippen LogP contribution < -0.4 is 16.4 Å². The average molecular weight is 317 g/mol. The van der Waals surface area contributed by atoms with Gasteiger partial charge in [-0.25, -0.2) is 4.79 Å². The fourth-order valence-corrected chi connectivity index (χ4v) is 2.30. The van der Waals surface area contributed by atoms with Gasteiger partial charge in [-0.2, -0.15) is 0 Å². The van der Waals surface area contributed by atoms with Crippen molar-refractivity contribution >= 4 is 11.9 Å². The maximum Gasteiger partial charge on any atom is 0.335 e. The van der Waals surface area contributed by atoms with E-state index in [2.05, 4.69) is 15.5 Å². The summed E-state index contributed by atoms with van der Waals surface area (Å²) in [4.78, 5) is 25.5. The van der Waals surface area contributed by atoms with Gasteiger partial charge >= 0.3 is 11.9 Å². The molecule has 0 saturated carbocycles. The zero-order chi connectivity index (χ0) is 16.4. The van der Waals surface area contributed by atoms with Crippen molar-refractivity contribution in [2.75, 3.05) is 58.9 Å². The van der Waals surface area contributed by atoms with E-state index < -0.39 is 18.1 Å². The van der Waals surface area contributed by atoms with Crippen LogP contribution in [-0.2, 0) is 9.59 Å². The molecule has 1 rings (SSSR count). The van der Waals surface area contributed by atoms with Crippen LogP contribution in [0.1, 0.15) is 6.42 Å². The highest BCUT2D eigenvalue weighted by atomic mass is 16.4. The van der Waals surface area contributed by atoms with E-state index in [1.165, 1.54) is 0 Å². The van der Waals surface area contributed by atoms with Gasteiger partial charge in [0, 0.05) is 58.9 Å². The van der Waals surface area contributed by atoms with E-state index in [0.29, 0.717) is 32.7 Å². The number of hydrogen-bond donors (Lipinski definition) is 5. The first-order chi connectivity index (χ1) is 10.5. The highest BCUT2D eigenvalue weighted by Gasteiger charge is 2.20. The molecule has 1 heterocycles. The zero-order valence-corrected chi connectivity index (χ0v) is 12.8. The normalized spacial score (nSPS) is 21.5. The Morgan fingerprint density at radius 1 is 1.00 bits per heavy atom. The lowest BCUT2D eigenvalue weighted by Crippen LogP contribution is -2.52. The summed E-state index contributed by atoms with van der Waals surface area (Å²) in [6.45, 7) is 5.94. The monoisotopic (exact) mass is 317 g/mol. The minimum Gasteiger partial charge on any atom is -0.481 e. The Bertz CT molecular complexity index is 341. The Labute approximate surface area is 130 Å². The molecule has 0 aromatic carbocycles. The lowest BCUT2D eigenvalue weighted by atomic mass is 10.3. The molecule has 128 valence electrons. The molecule has 1 unspecified atom stereocenters. The molecule has 0 bridgehead atoms. The molecule has 1 atom stereocenters. The molecule has 0 radical (unpaired) electrons. The maximum atomic E-state index is 11.0. The predicted molar refractivity (Wildman–Crippen MR) is 81.6 cm³/mol. The van der Waals surface area contributed by atoms with Crippen molar-refractivity contribution in [1.29, 1.82) is 0 Å². The molecule has 0 aromatic rings. The number of hydrogen-bond acceptors (Lipinski definition) is 7. The van der Waals surface area contributed by atoms with Crippen molar-refractivity contribution in [3.8, 4) is 0 Å². The zero-order valence-electron chi connectivity index (χ0n) is 12.8. The molecule has 0 amide bonds. The fourth-order valence-electron chi connectivity index (χ4n) is 2.30. The second-order valence-electron chi connectivity index (χ2n) is 5.30. The van der Waals surface area contributed by atoms with Gasteiger partial charge < -0.3 is 31.5 Å². The summed E-state index contributed by atoms with van der Waals surface area (Å²) in [5.74, 6) is -1.81. The third-order valence-corrected chi connectivity index (χ3v) is 3.65. The minimum absolute atomic E-state index is 0.140. The summed E-state index contributed by atoms with van der Waals surface area (Å²) in [6, 6.07) is 0. The summed E-state index contributed by atoms with van der Waals surface area (Å²) < 4.78 is 0. The first kappa shape index (κ1) is 18.8. The number of carbonyl (C=O) groups is 2. The van der Waals surface area contributed by atoms with E-state index >= 15 is 0 Å². The third-order valence-electron chi connectivity index (χ3n) is 3.65. The first-order valence-corrected chi connectivity index (χ1v) is 7.58. The molecule has 22 heavy (non-hydrogen) atoms. The average Bonchev–Trinajstić information content (AvgIpc) is 2.45. The maximum absolute atomic E-state index is 11.0. The number of nitrogens with one attached hydrogen (secondary N) is 2. The van der Waals surface area contributed by atoms with E-state index in [9.17, 15) is 9.59 Å². The Morgan fingerprint density at radius 2 is 1.50 bits per heavy atom. The Hall–Kier alpha value is -1.26. The van der Waals surface area contributed by atoms with Gasteiger partial charge in [0.15, 0.2) is 6.17 Å². The predicted octanol–water partition coefficient (Wildman–Crippen LogP) is -2.37. The van der Waals surface area contributed by atoms with Crippen molar-refractivity contribution in [3.63, 3.8) is 0 Å². The van der Waals surface area contributed by atoms with Crippen molar-refractivity contribution in [3.05, 3.63) is 0 Å². The standard InChI is InChI=1S/C13H27N5O4/c14-12(13(21)22)18-9-4-15-2-7-17(6-1-11(19)20)8-3-16-5-10-18/h12,15-16H,1-10,14H2,(H,19,20)(H,21,22). The topological polar surface area (TPSA) is 131 Å². The van der Waals surface area contributed by atoms with Crippen LogP contribution in [0.5, 0.6) is 0 Å². The molecule has 9 heteroatoms. The van der Waals surface area contributed by atoms with Gasteiger partial charge in [0.2, 0.25) is 0 Å². The van der Waals surface area contributed by atoms with Crippen molar-refractivity contribution in [1.82, 2.24) is 20.4 Å². The molecular formula is C13H27N5O4. The molecule has 1 aliphatic rings. The fraction of sp³-hybridized carbons (Fsp3) is 0.846. The van der Waals surface area contributed by atoms with Gasteiger partial charge in [-0.1, -0.05) is 0 Å². The lowest BCUT2D eigenvalue weighted by molar-refractivity contribution is -0.143. The molecule has 1 saturated heterocycles. The highest BCUT2D eigenvalue weighted by Crippen LogP contribution is 1.95. The molecule has 1 fully saturated rings. The van der Waals surface area contributed by atoms with Crippen LogP contribution in [0.25, 0.3) is 0 Å². The number of nitrogens with zero attached hydrogens (tertiary/aromatic N) is 2. The number of aliphatic carboxylic acids is 2. The number of carboxylic acids is 2. The second kappa shape index (κ2) is 10.5. The molecule has 9 nitrogen and oxygen atoms in total. The van der Waals surface area contributed by atoms with Crippen LogP contribution in [0, 0.1) is 0 Å².